The molecule has 22 heavy (non-hydrogen) atoms. The molecular formula is C16H22N4O2. The molecule has 0 aliphatic heterocycles. The monoisotopic (exact) mass is 302 g/mol. The summed E-state index contributed by atoms with van der Waals surface area (Å²) < 4.78 is 5.20. The molecule has 0 saturated carbocycles. The van der Waals surface area contributed by atoms with Crippen LogP contribution >= 0.6 is 0 Å². The van der Waals surface area contributed by atoms with Crippen LogP contribution in [0.3, 0.4) is 0 Å². The summed E-state index contributed by atoms with van der Waals surface area (Å²) in [6.07, 6.45) is 6.14. The van der Waals surface area contributed by atoms with E-state index >= 15 is 0 Å². The molecule has 0 radical (unpaired) electrons. The summed E-state index contributed by atoms with van der Waals surface area (Å²) >= 11 is 0. The summed E-state index contributed by atoms with van der Waals surface area (Å²) in [6, 6.07) is 7.05. The Labute approximate surface area is 131 Å². The lowest BCUT2D eigenvalue weighted by Crippen LogP contribution is -2.34. The number of nitrogens with zero attached hydrogens (tertiary/aromatic N) is 1. The largest absolute Gasteiger partial charge is 0.382 e. The molecule has 1 aromatic rings. The first-order valence-corrected chi connectivity index (χ1v) is 7.13. The normalized spacial score (nSPS) is 10.8. The fourth-order valence-corrected chi connectivity index (χ4v) is 1.64. The van der Waals surface area contributed by atoms with Crippen LogP contribution in [0.15, 0.2) is 29.3 Å². The maximum absolute atomic E-state index is 11.8. The number of guanidine groups is 1. The molecule has 0 bridgehead atoms. The number of aliphatic imine (C=N–C) groups is 1. The van der Waals surface area contributed by atoms with Crippen molar-refractivity contribution in [2.75, 3.05) is 31.6 Å². The van der Waals surface area contributed by atoms with Crippen molar-refractivity contribution in [2.45, 2.75) is 13.3 Å². The Kier molecular flexibility index (Phi) is 8.16. The van der Waals surface area contributed by atoms with Crippen LogP contribution in [0.1, 0.15) is 18.9 Å². The Bertz CT molecular complexity index is 549. The molecule has 0 aliphatic carbocycles. The molecule has 0 heterocycles. The number of nitrogens with two attached hydrogens (primary N) is 1. The van der Waals surface area contributed by atoms with Crippen LogP contribution in [0.2, 0.25) is 0 Å². The van der Waals surface area contributed by atoms with Crippen LogP contribution < -0.4 is 16.4 Å². The topological polar surface area (TPSA) is 88.7 Å². The summed E-state index contributed by atoms with van der Waals surface area (Å²) in [6.45, 7) is 3.92. The van der Waals surface area contributed by atoms with Crippen molar-refractivity contribution in [1.29, 1.82) is 0 Å². The number of carbonyl (C=O) groups excluding carboxylic acids is 1. The maximum atomic E-state index is 11.8. The predicted octanol–water partition coefficient (Wildman–Crippen LogP) is 0.937. The number of carbonyl (C=O) groups is 1. The Balaban J connectivity index is 2.32. The van der Waals surface area contributed by atoms with E-state index in [1.165, 1.54) is 0 Å². The van der Waals surface area contributed by atoms with Crippen molar-refractivity contribution in [3.05, 3.63) is 29.8 Å². The number of amides is 1. The molecule has 0 aromatic heterocycles. The highest BCUT2D eigenvalue weighted by molar-refractivity contribution is 5.94. The van der Waals surface area contributed by atoms with Gasteiger partial charge in [0.25, 0.3) is 0 Å². The molecule has 0 saturated heterocycles. The van der Waals surface area contributed by atoms with Gasteiger partial charge in [-0.05, 0) is 31.5 Å². The summed E-state index contributed by atoms with van der Waals surface area (Å²) in [4.78, 5) is 15.7. The molecule has 0 spiro atoms. The minimum atomic E-state index is -0.256. The number of anilines is 1. The van der Waals surface area contributed by atoms with E-state index in [0.29, 0.717) is 31.0 Å². The second-order valence-corrected chi connectivity index (χ2v) is 4.45. The van der Waals surface area contributed by atoms with Crippen molar-refractivity contribution in [3.63, 3.8) is 0 Å². The van der Waals surface area contributed by atoms with E-state index < -0.39 is 0 Å². The first-order valence-electron chi connectivity index (χ1n) is 7.13. The summed E-state index contributed by atoms with van der Waals surface area (Å²) in [7, 11) is 0. The van der Waals surface area contributed by atoms with E-state index in [1.807, 2.05) is 6.92 Å². The van der Waals surface area contributed by atoms with Gasteiger partial charge in [0.15, 0.2) is 5.96 Å². The Morgan fingerprint density at radius 1 is 1.50 bits per heavy atom. The van der Waals surface area contributed by atoms with Crippen molar-refractivity contribution >= 4 is 17.6 Å². The number of benzene rings is 1. The zero-order valence-electron chi connectivity index (χ0n) is 12.8. The van der Waals surface area contributed by atoms with E-state index in [2.05, 4.69) is 21.5 Å². The van der Waals surface area contributed by atoms with Gasteiger partial charge in [0.05, 0.1) is 0 Å². The predicted molar refractivity (Wildman–Crippen MR) is 88.6 cm³/mol. The fourth-order valence-electron chi connectivity index (χ4n) is 1.64. The van der Waals surface area contributed by atoms with Crippen molar-refractivity contribution in [3.8, 4) is 12.3 Å². The molecular weight excluding hydrogens is 280 g/mol. The van der Waals surface area contributed by atoms with E-state index in [-0.39, 0.29) is 18.4 Å². The first-order chi connectivity index (χ1) is 10.7. The number of rotatable bonds is 8. The second-order valence-electron chi connectivity index (χ2n) is 4.45. The van der Waals surface area contributed by atoms with E-state index in [4.69, 9.17) is 16.9 Å². The molecule has 0 unspecified atom stereocenters. The number of ether oxygens (including phenoxy) is 1. The SMILES string of the molecule is C#Cc1cccc(NC(=O)CN=C(N)NCCCOCC)c1. The zero-order valence-corrected chi connectivity index (χ0v) is 12.8. The molecule has 1 aromatic carbocycles. The third-order valence-corrected chi connectivity index (χ3v) is 2.68. The van der Waals surface area contributed by atoms with Crippen LogP contribution in [0.4, 0.5) is 5.69 Å². The van der Waals surface area contributed by atoms with Gasteiger partial charge < -0.3 is 21.1 Å². The lowest BCUT2D eigenvalue weighted by Gasteiger charge is -2.06. The summed E-state index contributed by atoms with van der Waals surface area (Å²) in [5.41, 5.74) is 7.01. The number of nitrogens with one attached hydrogen (secondary N) is 2. The van der Waals surface area contributed by atoms with E-state index in [9.17, 15) is 4.79 Å². The highest BCUT2D eigenvalue weighted by Crippen LogP contribution is 2.09. The Morgan fingerprint density at radius 3 is 3.05 bits per heavy atom. The third-order valence-electron chi connectivity index (χ3n) is 2.68. The number of hydrogen-bond acceptors (Lipinski definition) is 3. The van der Waals surface area contributed by atoms with Gasteiger partial charge >= 0.3 is 0 Å². The Morgan fingerprint density at radius 2 is 2.32 bits per heavy atom. The van der Waals surface area contributed by atoms with Gasteiger partial charge in [0.1, 0.15) is 6.54 Å². The Hall–Kier alpha value is -2.52. The standard InChI is InChI=1S/C16H22N4O2/c1-3-13-7-5-8-14(11-13)20-15(21)12-19-16(17)18-9-6-10-22-4-2/h1,5,7-8,11H,4,6,9-10,12H2,2H3,(H,20,21)(H3,17,18,19). The maximum Gasteiger partial charge on any atom is 0.246 e. The van der Waals surface area contributed by atoms with E-state index in [1.54, 1.807) is 24.3 Å². The van der Waals surface area contributed by atoms with Gasteiger partial charge in [-0.25, -0.2) is 4.99 Å². The quantitative estimate of drug-likeness (QED) is 0.288. The lowest BCUT2D eigenvalue weighted by atomic mass is 10.2. The van der Waals surface area contributed by atoms with Gasteiger partial charge in [-0.3, -0.25) is 4.79 Å². The minimum Gasteiger partial charge on any atom is -0.382 e. The van der Waals surface area contributed by atoms with Crippen LogP contribution in [0, 0.1) is 12.3 Å². The molecule has 1 amide bonds. The molecule has 6 heteroatoms. The van der Waals surface area contributed by atoms with Crippen molar-refractivity contribution in [2.24, 2.45) is 10.7 Å². The average Bonchev–Trinajstić information content (AvgIpc) is 2.53. The smallest absolute Gasteiger partial charge is 0.246 e. The molecule has 0 aliphatic rings. The van der Waals surface area contributed by atoms with Crippen LogP contribution in [0.25, 0.3) is 0 Å². The summed E-state index contributed by atoms with van der Waals surface area (Å²) in [5, 5.41) is 5.63. The van der Waals surface area contributed by atoms with Crippen LogP contribution in [-0.4, -0.2) is 38.2 Å². The molecule has 0 atom stereocenters. The fraction of sp³-hybridized carbons (Fsp3) is 0.375. The zero-order chi connectivity index (χ0) is 16.2. The highest BCUT2D eigenvalue weighted by Gasteiger charge is 2.02. The highest BCUT2D eigenvalue weighted by atomic mass is 16.5. The second kappa shape index (κ2) is 10.2. The molecule has 6 nitrogen and oxygen atoms in total. The van der Waals surface area contributed by atoms with Gasteiger partial charge in [-0.15, -0.1) is 6.42 Å². The van der Waals surface area contributed by atoms with Gasteiger partial charge in [-0.2, -0.15) is 0 Å². The molecule has 4 N–H and O–H groups in total. The van der Waals surface area contributed by atoms with Gasteiger partial charge in [0, 0.05) is 31.0 Å². The third kappa shape index (κ3) is 7.31. The molecule has 1 rings (SSSR count). The van der Waals surface area contributed by atoms with Gasteiger partial charge in [-0.1, -0.05) is 12.0 Å². The number of terminal acetylenes is 1. The number of hydrogen-bond donors (Lipinski definition) is 3. The van der Waals surface area contributed by atoms with Crippen molar-refractivity contribution < 1.29 is 9.53 Å². The molecule has 0 fully saturated rings. The first kappa shape index (κ1) is 17.5. The molecule has 118 valence electrons. The summed E-state index contributed by atoms with van der Waals surface area (Å²) in [5.74, 6) is 2.49. The van der Waals surface area contributed by atoms with E-state index in [0.717, 1.165) is 6.42 Å². The lowest BCUT2D eigenvalue weighted by molar-refractivity contribution is -0.114. The van der Waals surface area contributed by atoms with Gasteiger partial charge in [0.2, 0.25) is 5.91 Å². The van der Waals surface area contributed by atoms with Crippen LogP contribution in [-0.2, 0) is 9.53 Å². The average molecular weight is 302 g/mol. The van der Waals surface area contributed by atoms with Crippen LogP contribution in [0.5, 0.6) is 0 Å². The van der Waals surface area contributed by atoms with Crippen molar-refractivity contribution in [1.82, 2.24) is 5.32 Å². The minimum absolute atomic E-state index is 0.0510.